The Morgan fingerprint density at radius 2 is 2.14 bits per heavy atom. The molecule has 1 saturated heterocycles. The van der Waals surface area contributed by atoms with Crippen molar-refractivity contribution in [2.75, 3.05) is 45.4 Å². The second-order valence-corrected chi connectivity index (χ2v) is 9.79. The molecule has 0 radical (unpaired) electrons. The fourth-order valence-corrected chi connectivity index (χ4v) is 5.38. The number of nitrogens with zero attached hydrogens (tertiary/aromatic N) is 4. The van der Waals surface area contributed by atoms with Crippen LogP contribution in [0.15, 0.2) is 12.1 Å². The third kappa shape index (κ3) is 4.60. The average Bonchev–Trinajstić information content (AvgIpc) is 3.51. The number of aryl methyl sites for hydroxylation is 1. The van der Waals surface area contributed by atoms with E-state index in [1.165, 1.54) is 24.1 Å². The third-order valence-electron chi connectivity index (χ3n) is 7.67. The summed E-state index contributed by atoms with van der Waals surface area (Å²) in [5.41, 5.74) is 6.91. The summed E-state index contributed by atoms with van der Waals surface area (Å²) in [4.78, 5) is 25.7. The van der Waals surface area contributed by atoms with Gasteiger partial charge in [0.2, 0.25) is 5.91 Å². The van der Waals surface area contributed by atoms with Gasteiger partial charge in [0.1, 0.15) is 5.69 Å². The molecule has 0 bridgehead atoms. The number of amides is 1. The number of imidazole rings is 1. The van der Waals surface area contributed by atoms with Crippen molar-refractivity contribution in [2.24, 2.45) is 5.92 Å². The predicted octanol–water partition coefficient (Wildman–Crippen LogP) is 3.30. The van der Waals surface area contributed by atoms with Crippen LogP contribution >= 0.6 is 0 Å². The third-order valence-corrected chi connectivity index (χ3v) is 7.67. The van der Waals surface area contributed by atoms with Crippen LogP contribution in [0.5, 0.6) is 0 Å². The molecular formula is C26H36N6O3. The molecule has 0 saturated carbocycles. The van der Waals surface area contributed by atoms with Gasteiger partial charge in [0, 0.05) is 49.8 Å². The first-order valence-electron chi connectivity index (χ1n) is 12.7. The number of methoxy groups -OCH3 is 1. The molecule has 0 unspecified atom stereocenters. The number of hydrogen-bond acceptors (Lipinski definition) is 6. The number of fused-ring (bicyclic) bond motifs is 2. The Hall–Kier alpha value is -2.75. The summed E-state index contributed by atoms with van der Waals surface area (Å²) in [6, 6.07) is 3.79. The number of carbonyl (C=O) groups excluding carboxylic acids is 1. The Balaban J connectivity index is 1.48. The quantitative estimate of drug-likeness (QED) is 0.538. The Kier molecular flexibility index (Phi) is 6.91. The standard InChI is InChI=1S/C26H36N6O3/c1-5-17-6-7-21-20(12-17)24(30-29-21)25-27-22-14-19(13-18(15-34-4)23(22)28-25)31(3)26(33)16(2)32-8-10-35-11-9-32/h13-14,16-17H,5-12,15H2,1-4H3,(H,27,28)(H,29,30)/t16-,17-/m0/s1. The maximum absolute atomic E-state index is 13.3. The largest absolute Gasteiger partial charge is 0.380 e. The zero-order valence-electron chi connectivity index (χ0n) is 21.2. The van der Waals surface area contributed by atoms with Crippen molar-refractivity contribution >= 4 is 22.6 Å². The van der Waals surface area contributed by atoms with Gasteiger partial charge in [-0.15, -0.1) is 0 Å². The van der Waals surface area contributed by atoms with Crippen LogP contribution in [0.4, 0.5) is 5.69 Å². The van der Waals surface area contributed by atoms with Gasteiger partial charge in [-0.3, -0.25) is 14.8 Å². The molecule has 5 rings (SSSR count). The lowest BCUT2D eigenvalue weighted by Crippen LogP contribution is -2.50. The van der Waals surface area contributed by atoms with Crippen LogP contribution in [0.3, 0.4) is 0 Å². The summed E-state index contributed by atoms with van der Waals surface area (Å²) >= 11 is 0. The van der Waals surface area contributed by atoms with E-state index in [0.717, 1.165) is 59.7 Å². The molecule has 2 aliphatic rings. The number of nitrogens with one attached hydrogen (secondary N) is 2. The lowest BCUT2D eigenvalue weighted by atomic mass is 9.85. The first-order valence-corrected chi connectivity index (χ1v) is 12.7. The van der Waals surface area contributed by atoms with Gasteiger partial charge in [-0.25, -0.2) is 4.98 Å². The van der Waals surface area contributed by atoms with E-state index in [1.54, 1.807) is 12.0 Å². The highest BCUT2D eigenvalue weighted by molar-refractivity contribution is 5.98. The number of rotatable bonds is 7. The van der Waals surface area contributed by atoms with Crippen molar-refractivity contribution in [3.8, 4) is 11.5 Å². The van der Waals surface area contributed by atoms with Crippen LogP contribution in [0, 0.1) is 5.92 Å². The van der Waals surface area contributed by atoms with Crippen LogP contribution < -0.4 is 4.90 Å². The van der Waals surface area contributed by atoms with Crippen molar-refractivity contribution in [3.05, 3.63) is 29.0 Å². The molecule has 188 valence electrons. The van der Waals surface area contributed by atoms with E-state index < -0.39 is 0 Å². The predicted molar refractivity (Wildman–Crippen MR) is 135 cm³/mol. The Bertz CT molecular complexity index is 1200. The maximum Gasteiger partial charge on any atom is 0.243 e. The van der Waals surface area contributed by atoms with Crippen molar-refractivity contribution in [2.45, 2.75) is 52.2 Å². The number of anilines is 1. The van der Waals surface area contributed by atoms with Crippen LogP contribution in [0.25, 0.3) is 22.6 Å². The number of hydrogen-bond donors (Lipinski definition) is 2. The highest BCUT2D eigenvalue weighted by Gasteiger charge is 2.28. The summed E-state index contributed by atoms with van der Waals surface area (Å²) in [6.45, 7) is 7.50. The first kappa shape index (κ1) is 24.0. The van der Waals surface area contributed by atoms with Gasteiger partial charge < -0.3 is 19.4 Å². The van der Waals surface area contributed by atoms with Crippen LogP contribution in [-0.4, -0.2) is 77.5 Å². The smallest absolute Gasteiger partial charge is 0.243 e. The van der Waals surface area contributed by atoms with Gasteiger partial charge in [0.05, 0.1) is 36.9 Å². The molecule has 3 heterocycles. The lowest BCUT2D eigenvalue weighted by molar-refractivity contribution is -0.124. The number of ether oxygens (including phenoxy) is 2. The number of morpholine rings is 1. The van der Waals surface area contributed by atoms with Gasteiger partial charge in [-0.05, 0) is 44.2 Å². The van der Waals surface area contributed by atoms with Crippen LogP contribution in [0.2, 0.25) is 0 Å². The number of carbonyl (C=O) groups is 1. The van der Waals surface area contributed by atoms with E-state index in [1.807, 2.05) is 26.1 Å². The summed E-state index contributed by atoms with van der Waals surface area (Å²) in [5.74, 6) is 1.51. The molecule has 9 heteroatoms. The average molecular weight is 481 g/mol. The van der Waals surface area contributed by atoms with E-state index in [2.05, 4.69) is 27.0 Å². The summed E-state index contributed by atoms with van der Waals surface area (Å²) in [6.07, 6.45) is 4.44. The van der Waals surface area contributed by atoms with Gasteiger partial charge in [-0.2, -0.15) is 5.10 Å². The van der Waals surface area contributed by atoms with Crippen LogP contribution in [-0.2, 0) is 33.7 Å². The van der Waals surface area contributed by atoms with Crippen molar-refractivity contribution in [1.82, 2.24) is 25.1 Å². The molecule has 2 N–H and O–H groups in total. The van der Waals surface area contributed by atoms with E-state index >= 15 is 0 Å². The molecule has 2 aromatic heterocycles. The van der Waals surface area contributed by atoms with Gasteiger partial charge >= 0.3 is 0 Å². The number of aromatic amines is 2. The molecule has 9 nitrogen and oxygen atoms in total. The molecule has 1 aliphatic carbocycles. The second kappa shape index (κ2) is 10.1. The van der Waals surface area contributed by atoms with Crippen molar-refractivity contribution < 1.29 is 14.3 Å². The normalized spacial score (nSPS) is 19.6. The molecule has 0 spiro atoms. The highest BCUT2D eigenvalue weighted by atomic mass is 16.5. The summed E-state index contributed by atoms with van der Waals surface area (Å²) in [7, 11) is 3.51. The molecule has 1 aliphatic heterocycles. The monoisotopic (exact) mass is 480 g/mol. The molecule has 3 aromatic rings. The molecular weight excluding hydrogens is 444 g/mol. The Morgan fingerprint density at radius 3 is 2.89 bits per heavy atom. The second-order valence-electron chi connectivity index (χ2n) is 9.79. The van der Waals surface area contributed by atoms with E-state index in [-0.39, 0.29) is 11.9 Å². The highest BCUT2D eigenvalue weighted by Crippen LogP contribution is 2.34. The molecule has 2 atom stereocenters. The topological polar surface area (TPSA) is 99.4 Å². The SMILES string of the molecule is CC[C@H]1CCc2[nH]nc(-c3nc4c(COC)cc(N(C)C(=O)[C@H](C)N5CCOCC5)cc4[nH]3)c2C1. The summed E-state index contributed by atoms with van der Waals surface area (Å²) < 4.78 is 10.9. The van der Waals surface area contributed by atoms with Gasteiger partial charge in [0.25, 0.3) is 0 Å². The van der Waals surface area contributed by atoms with E-state index in [4.69, 9.17) is 14.5 Å². The van der Waals surface area contributed by atoms with Gasteiger partial charge in [0.15, 0.2) is 5.82 Å². The fourth-order valence-electron chi connectivity index (χ4n) is 5.38. The molecule has 1 amide bonds. The molecule has 1 fully saturated rings. The van der Waals surface area contributed by atoms with E-state index in [9.17, 15) is 4.79 Å². The molecule has 35 heavy (non-hydrogen) atoms. The maximum atomic E-state index is 13.3. The summed E-state index contributed by atoms with van der Waals surface area (Å²) in [5, 5.41) is 7.88. The first-order chi connectivity index (χ1) is 17.0. The number of likely N-dealkylation sites (N-methyl/N-ethyl adjacent to an activating group) is 1. The van der Waals surface area contributed by atoms with Crippen LogP contribution in [0.1, 0.15) is 43.5 Å². The zero-order valence-corrected chi connectivity index (χ0v) is 21.2. The minimum absolute atomic E-state index is 0.0568. The number of H-pyrrole nitrogens is 2. The zero-order chi connectivity index (χ0) is 24.5. The van der Waals surface area contributed by atoms with E-state index in [0.29, 0.717) is 25.7 Å². The number of benzene rings is 1. The fraction of sp³-hybridized carbons (Fsp3) is 0.577. The van der Waals surface area contributed by atoms with Crippen molar-refractivity contribution in [1.29, 1.82) is 0 Å². The van der Waals surface area contributed by atoms with Crippen molar-refractivity contribution in [3.63, 3.8) is 0 Å². The Labute approximate surface area is 206 Å². The lowest BCUT2D eigenvalue weighted by Gasteiger charge is -2.33. The number of aromatic nitrogens is 4. The van der Waals surface area contributed by atoms with Gasteiger partial charge in [-0.1, -0.05) is 13.3 Å². The Morgan fingerprint density at radius 1 is 1.34 bits per heavy atom. The molecule has 1 aromatic carbocycles. The minimum Gasteiger partial charge on any atom is -0.380 e. The minimum atomic E-state index is -0.218.